The fourth-order valence-corrected chi connectivity index (χ4v) is 3.73. The maximum atomic E-state index is 12.8. The molecule has 4 heterocycles. The summed E-state index contributed by atoms with van der Waals surface area (Å²) in [5.74, 6) is 2.32. The third-order valence-electron chi connectivity index (χ3n) is 4.83. The Morgan fingerprint density at radius 2 is 2.26 bits per heavy atom. The van der Waals surface area contributed by atoms with E-state index in [1.807, 2.05) is 4.90 Å². The van der Waals surface area contributed by atoms with E-state index in [2.05, 4.69) is 14.8 Å². The summed E-state index contributed by atoms with van der Waals surface area (Å²) in [5, 5.41) is 8.65. The molecule has 1 saturated heterocycles. The number of nitrogens with zero attached hydrogens (tertiary/aromatic N) is 4. The molecule has 2 aliphatic rings. The van der Waals surface area contributed by atoms with Gasteiger partial charge in [-0.25, -0.2) is 0 Å². The lowest BCUT2D eigenvalue weighted by atomic mass is 10.1. The van der Waals surface area contributed by atoms with Crippen molar-refractivity contribution in [1.82, 2.24) is 19.7 Å². The van der Waals surface area contributed by atoms with Crippen molar-refractivity contribution in [1.29, 1.82) is 0 Å². The monoisotopic (exact) mass is 316 g/mol. The standard InChI is InChI=1S/C16H20N4O3/c1-22-8-6-14-17-18-15-9-11-4-5-12(10-19(14)15)20(11)16(21)13-3-2-7-23-13/h2-3,7,11-12H,4-6,8-10H2,1H3. The van der Waals surface area contributed by atoms with Crippen LogP contribution in [-0.4, -0.2) is 51.4 Å². The number of carbonyl (C=O) groups excluding carboxylic acids is 1. The lowest BCUT2D eigenvalue weighted by molar-refractivity contribution is 0.0632. The number of furan rings is 1. The van der Waals surface area contributed by atoms with Gasteiger partial charge in [-0.3, -0.25) is 4.79 Å². The van der Waals surface area contributed by atoms with Crippen molar-refractivity contribution < 1.29 is 13.9 Å². The number of aromatic nitrogens is 3. The Bertz CT molecular complexity index is 694. The molecule has 0 spiro atoms. The van der Waals surface area contributed by atoms with E-state index in [0.29, 0.717) is 12.4 Å². The van der Waals surface area contributed by atoms with E-state index in [4.69, 9.17) is 9.15 Å². The predicted octanol–water partition coefficient (Wildman–Crippen LogP) is 1.29. The molecule has 23 heavy (non-hydrogen) atoms. The Balaban J connectivity index is 1.61. The Hall–Kier alpha value is -2.15. The van der Waals surface area contributed by atoms with Crippen LogP contribution in [0.2, 0.25) is 0 Å². The molecular weight excluding hydrogens is 296 g/mol. The highest BCUT2D eigenvalue weighted by Crippen LogP contribution is 2.32. The quantitative estimate of drug-likeness (QED) is 0.850. The zero-order chi connectivity index (χ0) is 15.8. The van der Waals surface area contributed by atoms with Crippen molar-refractivity contribution in [3.63, 3.8) is 0 Å². The van der Waals surface area contributed by atoms with Crippen LogP contribution < -0.4 is 0 Å². The van der Waals surface area contributed by atoms with Crippen LogP contribution in [0.1, 0.15) is 35.0 Å². The summed E-state index contributed by atoms with van der Waals surface area (Å²) in [5.41, 5.74) is 0. The van der Waals surface area contributed by atoms with Gasteiger partial charge in [0, 0.05) is 32.5 Å². The van der Waals surface area contributed by atoms with Gasteiger partial charge in [0.05, 0.1) is 18.9 Å². The molecule has 0 aromatic carbocycles. The molecule has 0 saturated carbocycles. The van der Waals surface area contributed by atoms with Gasteiger partial charge < -0.3 is 18.6 Å². The second-order valence-corrected chi connectivity index (χ2v) is 6.16. The molecule has 2 atom stereocenters. The maximum absolute atomic E-state index is 12.8. The third kappa shape index (κ3) is 2.45. The summed E-state index contributed by atoms with van der Waals surface area (Å²) in [4.78, 5) is 14.8. The number of fused-ring (bicyclic) bond motifs is 3. The van der Waals surface area contributed by atoms with Gasteiger partial charge in [-0.1, -0.05) is 0 Å². The fraction of sp³-hybridized carbons (Fsp3) is 0.562. The number of hydrogen-bond acceptors (Lipinski definition) is 5. The van der Waals surface area contributed by atoms with E-state index < -0.39 is 0 Å². The van der Waals surface area contributed by atoms with Gasteiger partial charge in [0.2, 0.25) is 0 Å². The van der Waals surface area contributed by atoms with E-state index >= 15 is 0 Å². The first-order valence-corrected chi connectivity index (χ1v) is 8.04. The van der Waals surface area contributed by atoms with Crippen LogP contribution in [0.4, 0.5) is 0 Å². The fourth-order valence-electron chi connectivity index (χ4n) is 3.73. The summed E-state index contributed by atoms with van der Waals surface area (Å²) in [6, 6.07) is 3.84. The lowest BCUT2D eigenvalue weighted by Gasteiger charge is -2.27. The van der Waals surface area contributed by atoms with Crippen molar-refractivity contribution >= 4 is 5.91 Å². The van der Waals surface area contributed by atoms with E-state index in [9.17, 15) is 4.79 Å². The molecule has 7 heteroatoms. The van der Waals surface area contributed by atoms with Gasteiger partial charge in [0.1, 0.15) is 11.6 Å². The molecule has 2 bridgehead atoms. The Morgan fingerprint density at radius 1 is 1.39 bits per heavy atom. The average molecular weight is 316 g/mol. The van der Waals surface area contributed by atoms with Gasteiger partial charge in [0.25, 0.3) is 5.91 Å². The summed E-state index contributed by atoms with van der Waals surface area (Å²) < 4.78 is 12.6. The molecule has 1 amide bonds. The summed E-state index contributed by atoms with van der Waals surface area (Å²) >= 11 is 0. The van der Waals surface area contributed by atoms with Crippen LogP contribution in [0.3, 0.4) is 0 Å². The Morgan fingerprint density at radius 3 is 3.04 bits per heavy atom. The Kier molecular flexibility index (Phi) is 3.65. The van der Waals surface area contributed by atoms with Gasteiger partial charge in [0.15, 0.2) is 5.76 Å². The van der Waals surface area contributed by atoms with Gasteiger partial charge in [-0.2, -0.15) is 0 Å². The SMILES string of the molecule is COCCc1nnc2n1CC1CCC(C2)N1C(=O)c1ccco1. The highest BCUT2D eigenvalue weighted by molar-refractivity contribution is 5.92. The molecule has 7 nitrogen and oxygen atoms in total. The molecule has 0 N–H and O–H groups in total. The normalized spacial score (nSPS) is 22.9. The van der Waals surface area contributed by atoms with Crippen LogP contribution in [0, 0.1) is 0 Å². The van der Waals surface area contributed by atoms with E-state index in [0.717, 1.165) is 43.9 Å². The van der Waals surface area contributed by atoms with E-state index in [-0.39, 0.29) is 18.0 Å². The molecule has 4 rings (SSSR count). The molecule has 1 fully saturated rings. The largest absolute Gasteiger partial charge is 0.459 e. The summed E-state index contributed by atoms with van der Waals surface area (Å²) in [6.45, 7) is 1.38. The second-order valence-electron chi connectivity index (χ2n) is 6.16. The first-order valence-electron chi connectivity index (χ1n) is 8.04. The number of hydrogen-bond donors (Lipinski definition) is 0. The minimum Gasteiger partial charge on any atom is -0.459 e. The first kappa shape index (κ1) is 14.4. The number of ether oxygens (including phenoxy) is 1. The smallest absolute Gasteiger partial charge is 0.290 e. The minimum absolute atomic E-state index is 0.0142. The van der Waals surface area contributed by atoms with Crippen molar-refractivity contribution in [3.8, 4) is 0 Å². The topological polar surface area (TPSA) is 73.4 Å². The second kappa shape index (κ2) is 5.81. The molecular formula is C16H20N4O3. The number of amides is 1. The zero-order valence-electron chi connectivity index (χ0n) is 13.1. The summed E-state index contributed by atoms with van der Waals surface area (Å²) in [7, 11) is 1.69. The van der Waals surface area contributed by atoms with Crippen LogP contribution >= 0.6 is 0 Å². The zero-order valence-corrected chi connectivity index (χ0v) is 13.1. The van der Waals surface area contributed by atoms with Crippen molar-refractivity contribution in [2.24, 2.45) is 0 Å². The van der Waals surface area contributed by atoms with Gasteiger partial charge in [-0.05, 0) is 25.0 Å². The highest BCUT2D eigenvalue weighted by Gasteiger charge is 2.42. The molecule has 2 aromatic rings. The molecule has 0 aliphatic carbocycles. The van der Waals surface area contributed by atoms with Crippen LogP contribution in [0.25, 0.3) is 0 Å². The van der Waals surface area contributed by atoms with Crippen LogP contribution in [0.15, 0.2) is 22.8 Å². The predicted molar refractivity (Wildman–Crippen MR) is 81.0 cm³/mol. The minimum atomic E-state index is -0.0142. The molecule has 2 aliphatic heterocycles. The lowest BCUT2D eigenvalue weighted by Crippen LogP contribution is -2.42. The number of carbonyl (C=O) groups is 1. The molecule has 122 valence electrons. The molecule has 0 radical (unpaired) electrons. The third-order valence-corrected chi connectivity index (χ3v) is 4.83. The molecule has 2 unspecified atom stereocenters. The van der Waals surface area contributed by atoms with Gasteiger partial charge in [-0.15, -0.1) is 10.2 Å². The Labute approximate surface area is 134 Å². The average Bonchev–Trinajstić information content (AvgIpc) is 3.25. The number of rotatable bonds is 4. The van der Waals surface area contributed by atoms with Gasteiger partial charge >= 0.3 is 0 Å². The maximum Gasteiger partial charge on any atom is 0.290 e. The van der Waals surface area contributed by atoms with Crippen molar-refractivity contribution in [2.75, 3.05) is 13.7 Å². The van der Waals surface area contributed by atoms with Crippen molar-refractivity contribution in [3.05, 3.63) is 35.8 Å². The number of methoxy groups -OCH3 is 1. The molecule has 2 aromatic heterocycles. The van der Waals surface area contributed by atoms with Crippen LogP contribution in [-0.2, 0) is 24.1 Å². The van der Waals surface area contributed by atoms with Crippen LogP contribution in [0.5, 0.6) is 0 Å². The summed E-state index contributed by atoms with van der Waals surface area (Å²) in [6.07, 6.45) is 5.07. The van der Waals surface area contributed by atoms with E-state index in [1.54, 1.807) is 25.5 Å². The first-order chi connectivity index (χ1) is 11.3. The van der Waals surface area contributed by atoms with Crippen molar-refractivity contribution in [2.45, 2.75) is 44.3 Å². The van der Waals surface area contributed by atoms with E-state index in [1.165, 1.54) is 0 Å². The highest BCUT2D eigenvalue weighted by atomic mass is 16.5.